The van der Waals surface area contributed by atoms with Crippen LogP contribution in [0.1, 0.15) is 20.3 Å². The molecule has 0 amide bonds. The zero-order valence-electron chi connectivity index (χ0n) is 5.61. The third kappa shape index (κ3) is 2.31. The van der Waals surface area contributed by atoms with Crippen molar-refractivity contribution in [2.45, 2.75) is 25.6 Å². The Kier molecular flexibility index (Phi) is 3.88. The zero-order valence-corrected chi connectivity index (χ0v) is 6.37. The Labute approximate surface area is 55.8 Å². The average molecular weight is 134 g/mol. The van der Waals surface area contributed by atoms with Crippen molar-refractivity contribution in [1.29, 1.82) is 0 Å². The van der Waals surface area contributed by atoms with Crippen LogP contribution in [0.2, 0.25) is 0 Å². The second kappa shape index (κ2) is 3.90. The van der Waals surface area contributed by atoms with E-state index in [1.165, 1.54) is 0 Å². The SMILES string of the molecule is CCC(=NC)C(C)Cl. The van der Waals surface area contributed by atoms with Crippen molar-refractivity contribution in [2.24, 2.45) is 4.99 Å². The number of halogens is 1. The summed E-state index contributed by atoms with van der Waals surface area (Å²) in [7, 11) is 1.78. The van der Waals surface area contributed by atoms with Gasteiger partial charge in [-0.3, -0.25) is 4.99 Å². The first-order valence-corrected chi connectivity index (χ1v) is 3.25. The third-order valence-corrected chi connectivity index (χ3v) is 1.36. The van der Waals surface area contributed by atoms with Gasteiger partial charge in [0.1, 0.15) is 0 Å². The van der Waals surface area contributed by atoms with Gasteiger partial charge in [-0.1, -0.05) is 6.92 Å². The largest absolute Gasteiger partial charge is 0.296 e. The summed E-state index contributed by atoms with van der Waals surface area (Å²) < 4.78 is 0. The molecule has 1 atom stereocenters. The summed E-state index contributed by atoms with van der Waals surface area (Å²) in [6.45, 7) is 3.99. The maximum absolute atomic E-state index is 5.71. The third-order valence-electron chi connectivity index (χ3n) is 1.11. The molecule has 1 nitrogen and oxygen atoms in total. The topological polar surface area (TPSA) is 12.4 Å². The number of alkyl halides is 1. The standard InChI is InChI=1S/C6H12ClN/c1-4-6(8-3)5(2)7/h5H,4H2,1-3H3. The second-order valence-electron chi connectivity index (χ2n) is 1.68. The summed E-state index contributed by atoms with van der Waals surface area (Å²) in [6, 6.07) is 0. The highest BCUT2D eigenvalue weighted by molar-refractivity contribution is 6.31. The van der Waals surface area contributed by atoms with Gasteiger partial charge in [-0.05, 0) is 13.3 Å². The summed E-state index contributed by atoms with van der Waals surface area (Å²) in [5.74, 6) is 0. The van der Waals surface area contributed by atoms with Gasteiger partial charge in [-0.2, -0.15) is 0 Å². The van der Waals surface area contributed by atoms with Gasteiger partial charge in [0.15, 0.2) is 0 Å². The molecule has 0 aliphatic rings. The van der Waals surface area contributed by atoms with Crippen LogP contribution in [0.5, 0.6) is 0 Å². The first kappa shape index (κ1) is 7.96. The lowest BCUT2D eigenvalue weighted by molar-refractivity contribution is 1.14. The molecule has 0 fully saturated rings. The van der Waals surface area contributed by atoms with Crippen molar-refractivity contribution in [1.82, 2.24) is 0 Å². The van der Waals surface area contributed by atoms with Crippen LogP contribution in [-0.2, 0) is 0 Å². The van der Waals surface area contributed by atoms with Crippen LogP contribution < -0.4 is 0 Å². The molecule has 0 aromatic rings. The van der Waals surface area contributed by atoms with Crippen molar-refractivity contribution in [3.63, 3.8) is 0 Å². The van der Waals surface area contributed by atoms with Crippen molar-refractivity contribution in [2.75, 3.05) is 7.05 Å². The van der Waals surface area contributed by atoms with Gasteiger partial charge in [0.05, 0.1) is 5.38 Å². The number of hydrogen-bond acceptors (Lipinski definition) is 1. The van der Waals surface area contributed by atoms with Gasteiger partial charge in [0.25, 0.3) is 0 Å². The zero-order chi connectivity index (χ0) is 6.57. The van der Waals surface area contributed by atoms with Crippen LogP contribution in [0.3, 0.4) is 0 Å². The van der Waals surface area contributed by atoms with Crippen molar-refractivity contribution >= 4 is 17.3 Å². The van der Waals surface area contributed by atoms with E-state index in [4.69, 9.17) is 11.6 Å². The molecule has 0 radical (unpaired) electrons. The van der Waals surface area contributed by atoms with E-state index in [-0.39, 0.29) is 5.38 Å². The maximum Gasteiger partial charge on any atom is 0.0685 e. The maximum atomic E-state index is 5.71. The predicted octanol–water partition coefficient (Wildman–Crippen LogP) is 2.09. The monoisotopic (exact) mass is 133 g/mol. The van der Waals surface area contributed by atoms with Gasteiger partial charge >= 0.3 is 0 Å². The molecule has 0 rings (SSSR count). The summed E-state index contributed by atoms with van der Waals surface area (Å²) in [5.41, 5.74) is 1.08. The van der Waals surface area contributed by atoms with E-state index in [0.717, 1.165) is 12.1 Å². The highest BCUT2D eigenvalue weighted by Gasteiger charge is 2.00. The number of rotatable bonds is 2. The van der Waals surface area contributed by atoms with E-state index in [1.54, 1.807) is 7.05 Å². The first-order chi connectivity index (χ1) is 3.72. The van der Waals surface area contributed by atoms with Gasteiger partial charge in [-0.15, -0.1) is 11.6 Å². The molecule has 0 saturated carbocycles. The lowest BCUT2D eigenvalue weighted by atomic mass is 10.2. The Morgan fingerprint density at radius 2 is 2.25 bits per heavy atom. The molecular weight excluding hydrogens is 122 g/mol. The van der Waals surface area contributed by atoms with Gasteiger partial charge < -0.3 is 0 Å². The molecule has 0 heterocycles. The second-order valence-corrected chi connectivity index (χ2v) is 2.34. The minimum atomic E-state index is 0.102. The fourth-order valence-corrected chi connectivity index (χ4v) is 0.869. The van der Waals surface area contributed by atoms with Gasteiger partial charge in [-0.25, -0.2) is 0 Å². The highest BCUT2D eigenvalue weighted by Crippen LogP contribution is 1.99. The van der Waals surface area contributed by atoms with E-state index in [1.807, 2.05) is 6.92 Å². The molecular formula is C6H12ClN. The average Bonchev–Trinajstić information content (AvgIpc) is 1.69. The quantitative estimate of drug-likeness (QED) is 0.404. The molecule has 1 unspecified atom stereocenters. The molecule has 0 N–H and O–H groups in total. The number of aliphatic imine (C=N–C) groups is 1. The molecule has 0 spiro atoms. The lowest BCUT2D eigenvalue weighted by Gasteiger charge is -2.01. The van der Waals surface area contributed by atoms with Crippen LogP contribution in [0.15, 0.2) is 4.99 Å². The summed E-state index contributed by atoms with van der Waals surface area (Å²) in [6.07, 6.45) is 0.959. The van der Waals surface area contributed by atoms with Crippen LogP contribution in [0.25, 0.3) is 0 Å². The molecule has 0 aliphatic heterocycles. The van der Waals surface area contributed by atoms with Crippen molar-refractivity contribution in [3.05, 3.63) is 0 Å². The minimum Gasteiger partial charge on any atom is -0.296 e. The van der Waals surface area contributed by atoms with E-state index in [0.29, 0.717) is 0 Å². The summed E-state index contributed by atoms with van der Waals surface area (Å²) in [4.78, 5) is 3.99. The molecule has 0 bridgehead atoms. The molecule has 2 heteroatoms. The normalized spacial score (nSPS) is 16.2. The van der Waals surface area contributed by atoms with Crippen molar-refractivity contribution < 1.29 is 0 Å². The van der Waals surface area contributed by atoms with E-state index in [2.05, 4.69) is 11.9 Å². The Morgan fingerprint density at radius 1 is 1.75 bits per heavy atom. The lowest BCUT2D eigenvalue weighted by Crippen LogP contribution is -2.08. The van der Waals surface area contributed by atoms with Crippen LogP contribution in [0.4, 0.5) is 0 Å². The highest BCUT2D eigenvalue weighted by atomic mass is 35.5. The molecule has 0 saturated heterocycles. The fourth-order valence-electron chi connectivity index (χ4n) is 0.617. The smallest absolute Gasteiger partial charge is 0.0685 e. The number of hydrogen-bond donors (Lipinski definition) is 0. The Hall–Kier alpha value is -0.0400. The Bertz CT molecular complexity index is 86.5. The molecule has 0 aromatic heterocycles. The Balaban J connectivity index is 3.72. The summed E-state index contributed by atoms with van der Waals surface area (Å²) >= 11 is 5.71. The summed E-state index contributed by atoms with van der Waals surface area (Å²) in [5, 5.41) is 0.102. The molecule has 48 valence electrons. The first-order valence-electron chi connectivity index (χ1n) is 2.82. The van der Waals surface area contributed by atoms with E-state index >= 15 is 0 Å². The number of nitrogens with zero attached hydrogens (tertiary/aromatic N) is 1. The van der Waals surface area contributed by atoms with Crippen molar-refractivity contribution in [3.8, 4) is 0 Å². The minimum absolute atomic E-state index is 0.102. The predicted molar refractivity (Wildman–Crippen MR) is 39.0 cm³/mol. The van der Waals surface area contributed by atoms with Crippen LogP contribution in [0, 0.1) is 0 Å². The molecule has 8 heavy (non-hydrogen) atoms. The van der Waals surface area contributed by atoms with Gasteiger partial charge in [0, 0.05) is 12.8 Å². The van der Waals surface area contributed by atoms with Crippen LogP contribution >= 0.6 is 11.6 Å². The molecule has 0 aromatic carbocycles. The van der Waals surface area contributed by atoms with E-state index < -0.39 is 0 Å². The van der Waals surface area contributed by atoms with Gasteiger partial charge in [0.2, 0.25) is 0 Å². The molecule has 0 aliphatic carbocycles. The van der Waals surface area contributed by atoms with Crippen LogP contribution in [-0.4, -0.2) is 18.1 Å². The fraction of sp³-hybridized carbons (Fsp3) is 0.833. The Morgan fingerprint density at radius 3 is 2.25 bits per heavy atom. The van der Waals surface area contributed by atoms with E-state index in [9.17, 15) is 0 Å².